The third kappa shape index (κ3) is 1.99. The zero-order chi connectivity index (χ0) is 13.6. The van der Waals surface area contributed by atoms with E-state index < -0.39 is 5.67 Å². The van der Waals surface area contributed by atoms with Crippen LogP contribution in [0.2, 0.25) is 0 Å². The number of benzene rings is 1. The van der Waals surface area contributed by atoms with Gasteiger partial charge in [0.2, 0.25) is 6.79 Å². The highest BCUT2D eigenvalue weighted by atomic mass is 19.1. The zero-order valence-corrected chi connectivity index (χ0v) is 10.7. The van der Waals surface area contributed by atoms with Crippen molar-refractivity contribution in [3.05, 3.63) is 23.8 Å². The van der Waals surface area contributed by atoms with E-state index in [0.29, 0.717) is 34.1 Å². The Kier molecular flexibility index (Phi) is 2.41. The Morgan fingerprint density at radius 1 is 1.32 bits per heavy atom. The SMILES string of the molecule is CC(C)(F)c1cc2c(c(-c3cc(N)n[nH]3)c1)OCO2. The molecule has 0 bridgehead atoms. The van der Waals surface area contributed by atoms with Gasteiger partial charge in [0.25, 0.3) is 0 Å². The molecule has 0 fully saturated rings. The molecular weight excluding hydrogens is 249 g/mol. The van der Waals surface area contributed by atoms with Crippen LogP contribution in [0.3, 0.4) is 0 Å². The molecule has 0 spiro atoms. The number of anilines is 1. The van der Waals surface area contributed by atoms with Crippen LogP contribution in [-0.2, 0) is 5.67 Å². The fourth-order valence-electron chi connectivity index (χ4n) is 2.03. The van der Waals surface area contributed by atoms with Gasteiger partial charge in [0.05, 0.1) is 5.69 Å². The van der Waals surface area contributed by atoms with Crippen LogP contribution in [0.1, 0.15) is 19.4 Å². The van der Waals surface area contributed by atoms with Crippen molar-refractivity contribution in [3.8, 4) is 22.8 Å². The average molecular weight is 263 g/mol. The van der Waals surface area contributed by atoms with E-state index in [0.717, 1.165) is 0 Å². The van der Waals surface area contributed by atoms with Crippen LogP contribution in [0.5, 0.6) is 11.5 Å². The maximum Gasteiger partial charge on any atom is 0.231 e. The first-order chi connectivity index (χ1) is 8.95. The van der Waals surface area contributed by atoms with Gasteiger partial charge in [-0.15, -0.1) is 0 Å². The Morgan fingerprint density at radius 2 is 2.11 bits per heavy atom. The van der Waals surface area contributed by atoms with E-state index in [2.05, 4.69) is 10.2 Å². The van der Waals surface area contributed by atoms with Crippen molar-refractivity contribution in [2.45, 2.75) is 19.5 Å². The summed E-state index contributed by atoms with van der Waals surface area (Å²) in [6.45, 7) is 3.12. The zero-order valence-electron chi connectivity index (χ0n) is 10.7. The average Bonchev–Trinajstić information content (AvgIpc) is 2.94. The standard InChI is InChI=1S/C13H14FN3O2/c1-13(2,14)7-3-8(9-5-11(15)17-16-9)12-10(4-7)18-6-19-12/h3-5H,6H2,1-2H3,(H3,15,16,17). The topological polar surface area (TPSA) is 73.2 Å². The summed E-state index contributed by atoms with van der Waals surface area (Å²) in [5.41, 5.74) is 6.01. The van der Waals surface area contributed by atoms with Gasteiger partial charge in [0, 0.05) is 11.6 Å². The van der Waals surface area contributed by atoms with Gasteiger partial charge in [-0.25, -0.2) is 4.39 Å². The molecule has 1 aliphatic rings. The molecule has 3 rings (SSSR count). The number of hydrogen-bond donors (Lipinski definition) is 2. The lowest BCUT2D eigenvalue weighted by Crippen LogP contribution is -2.09. The van der Waals surface area contributed by atoms with Crippen molar-refractivity contribution < 1.29 is 13.9 Å². The van der Waals surface area contributed by atoms with Gasteiger partial charge < -0.3 is 15.2 Å². The van der Waals surface area contributed by atoms with Gasteiger partial charge in [0.1, 0.15) is 11.5 Å². The lowest BCUT2D eigenvalue weighted by Gasteiger charge is -2.16. The summed E-state index contributed by atoms with van der Waals surface area (Å²) >= 11 is 0. The van der Waals surface area contributed by atoms with E-state index >= 15 is 0 Å². The molecule has 3 N–H and O–H groups in total. The second kappa shape index (κ2) is 3.88. The second-order valence-electron chi connectivity index (χ2n) is 4.94. The number of ether oxygens (including phenoxy) is 2. The second-order valence-corrected chi connectivity index (χ2v) is 4.94. The van der Waals surface area contributed by atoms with Gasteiger partial charge in [-0.1, -0.05) is 0 Å². The Morgan fingerprint density at radius 3 is 2.74 bits per heavy atom. The maximum absolute atomic E-state index is 14.1. The number of alkyl halides is 1. The number of hydrogen-bond acceptors (Lipinski definition) is 4. The highest BCUT2D eigenvalue weighted by molar-refractivity contribution is 5.74. The Bertz CT molecular complexity index is 631. The minimum atomic E-state index is -1.47. The Balaban J connectivity index is 2.20. The van der Waals surface area contributed by atoms with Crippen molar-refractivity contribution in [1.82, 2.24) is 10.2 Å². The third-order valence-corrected chi connectivity index (χ3v) is 3.05. The monoisotopic (exact) mass is 263 g/mol. The summed E-state index contributed by atoms with van der Waals surface area (Å²) in [7, 11) is 0. The fourth-order valence-corrected chi connectivity index (χ4v) is 2.03. The molecule has 1 aromatic heterocycles. The molecular formula is C13H14FN3O2. The van der Waals surface area contributed by atoms with Gasteiger partial charge in [-0.2, -0.15) is 5.10 Å². The molecule has 6 heteroatoms. The summed E-state index contributed by atoms with van der Waals surface area (Å²) < 4.78 is 24.9. The molecule has 1 aromatic carbocycles. The summed E-state index contributed by atoms with van der Waals surface area (Å²) in [5.74, 6) is 1.48. The molecule has 2 heterocycles. The number of nitrogen functional groups attached to an aromatic ring is 1. The van der Waals surface area contributed by atoms with Crippen LogP contribution in [-0.4, -0.2) is 17.0 Å². The smallest absolute Gasteiger partial charge is 0.231 e. The molecule has 5 nitrogen and oxygen atoms in total. The van der Waals surface area contributed by atoms with Crippen molar-refractivity contribution in [2.24, 2.45) is 0 Å². The number of rotatable bonds is 2. The van der Waals surface area contributed by atoms with Crippen LogP contribution in [0, 0.1) is 0 Å². The lowest BCUT2D eigenvalue weighted by molar-refractivity contribution is 0.173. The molecule has 0 aliphatic carbocycles. The molecule has 19 heavy (non-hydrogen) atoms. The van der Waals surface area contributed by atoms with Crippen LogP contribution < -0.4 is 15.2 Å². The predicted octanol–water partition coefficient (Wildman–Crippen LogP) is 2.59. The summed E-state index contributed by atoms with van der Waals surface area (Å²) in [4.78, 5) is 0. The number of aromatic amines is 1. The van der Waals surface area contributed by atoms with Gasteiger partial charge in [-0.3, -0.25) is 5.10 Å². The number of fused-ring (bicyclic) bond motifs is 1. The maximum atomic E-state index is 14.1. The van der Waals surface area contributed by atoms with Crippen LogP contribution in [0.4, 0.5) is 10.2 Å². The molecule has 0 saturated carbocycles. The largest absolute Gasteiger partial charge is 0.454 e. The molecule has 2 aromatic rings. The van der Waals surface area contributed by atoms with Gasteiger partial charge in [-0.05, 0) is 31.5 Å². The van der Waals surface area contributed by atoms with Crippen molar-refractivity contribution in [1.29, 1.82) is 0 Å². The fraction of sp³-hybridized carbons (Fsp3) is 0.308. The lowest BCUT2D eigenvalue weighted by atomic mass is 9.96. The van der Waals surface area contributed by atoms with Crippen molar-refractivity contribution in [3.63, 3.8) is 0 Å². The van der Waals surface area contributed by atoms with E-state index in [-0.39, 0.29) is 6.79 Å². The molecule has 100 valence electrons. The summed E-state index contributed by atoms with van der Waals surface area (Å²) in [6, 6.07) is 5.05. The first-order valence-electron chi connectivity index (χ1n) is 5.89. The van der Waals surface area contributed by atoms with Crippen LogP contribution >= 0.6 is 0 Å². The minimum Gasteiger partial charge on any atom is -0.454 e. The number of nitrogens with zero attached hydrogens (tertiary/aromatic N) is 1. The molecule has 0 radical (unpaired) electrons. The van der Waals surface area contributed by atoms with E-state index in [1.165, 1.54) is 13.8 Å². The van der Waals surface area contributed by atoms with E-state index in [1.54, 1.807) is 18.2 Å². The Hall–Kier alpha value is -2.24. The van der Waals surface area contributed by atoms with Crippen molar-refractivity contribution in [2.75, 3.05) is 12.5 Å². The van der Waals surface area contributed by atoms with Crippen molar-refractivity contribution >= 4 is 5.82 Å². The Labute approximate surface area is 109 Å². The normalized spacial score (nSPS) is 13.8. The number of nitrogens with two attached hydrogens (primary N) is 1. The molecule has 1 aliphatic heterocycles. The third-order valence-electron chi connectivity index (χ3n) is 3.05. The minimum absolute atomic E-state index is 0.127. The van der Waals surface area contributed by atoms with Gasteiger partial charge >= 0.3 is 0 Å². The van der Waals surface area contributed by atoms with Gasteiger partial charge in [0.15, 0.2) is 11.5 Å². The predicted molar refractivity (Wildman–Crippen MR) is 68.7 cm³/mol. The highest BCUT2D eigenvalue weighted by Gasteiger charge is 2.27. The van der Waals surface area contributed by atoms with Crippen LogP contribution in [0.15, 0.2) is 18.2 Å². The van der Waals surface area contributed by atoms with E-state index in [9.17, 15) is 4.39 Å². The number of aromatic nitrogens is 2. The summed E-state index contributed by atoms with van der Waals surface area (Å²) in [5, 5.41) is 6.67. The van der Waals surface area contributed by atoms with E-state index in [4.69, 9.17) is 15.2 Å². The first kappa shape index (κ1) is 11.8. The molecule has 0 atom stereocenters. The number of H-pyrrole nitrogens is 1. The van der Waals surface area contributed by atoms with Crippen LogP contribution in [0.25, 0.3) is 11.3 Å². The van der Waals surface area contributed by atoms with E-state index in [1.807, 2.05) is 0 Å². The first-order valence-corrected chi connectivity index (χ1v) is 5.89. The molecule has 0 amide bonds. The number of halogens is 1. The molecule has 0 unspecified atom stereocenters. The highest BCUT2D eigenvalue weighted by Crippen LogP contribution is 2.44. The quantitative estimate of drug-likeness (QED) is 0.873. The number of nitrogens with one attached hydrogen (secondary N) is 1. The summed E-state index contributed by atoms with van der Waals surface area (Å²) in [6.07, 6.45) is 0. The molecule has 0 saturated heterocycles.